The van der Waals surface area contributed by atoms with Gasteiger partial charge in [-0.2, -0.15) is 0 Å². The Kier molecular flexibility index (Phi) is 3.64. The number of rotatable bonds is 1. The fraction of sp³-hybridized carbons (Fsp3) is 0.526. The Balaban J connectivity index is 1.75. The quantitative estimate of drug-likeness (QED) is 0.771. The minimum Gasteiger partial charge on any atom is -0.324 e. The number of aryl methyl sites for hydroxylation is 1. The largest absolute Gasteiger partial charge is 0.324 e. The predicted octanol–water partition coefficient (Wildman–Crippen LogP) is 3.17. The second-order valence-corrected chi connectivity index (χ2v) is 8.34. The predicted molar refractivity (Wildman–Crippen MR) is 98.7 cm³/mol. The number of aromatic nitrogens is 1. The van der Waals surface area contributed by atoms with Crippen molar-refractivity contribution in [3.8, 4) is 0 Å². The highest BCUT2D eigenvalue weighted by Gasteiger charge is 2.32. The molecule has 3 aliphatic rings. The van der Waals surface area contributed by atoms with E-state index in [1.165, 1.54) is 53.8 Å². The number of hydrogen-bond donors (Lipinski definition) is 2. The molecular weight excluding hydrogens is 334 g/mol. The van der Waals surface area contributed by atoms with Crippen LogP contribution in [0.15, 0.2) is 0 Å². The van der Waals surface area contributed by atoms with Gasteiger partial charge in [0.2, 0.25) is 5.91 Å². The lowest BCUT2D eigenvalue weighted by molar-refractivity contribution is -0.115. The van der Waals surface area contributed by atoms with E-state index in [2.05, 4.69) is 10.6 Å². The lowest BCUT2D eigenvalue weighted by atomic mass is 9.83. The molecule has 1 fully saturated rings. The van der Waals surface area contributed by atoms with Crippen LogP contribution in [-0.4, -0.2) is 29.8 Å². The van der Waals surface area contributed by atoms with Crippen LogP contribution >= 0.6 is 11.3 Å². The number of amides is 1. The van der Waals surface area contributed by atoms with E-state index in [1.807, 2.05) is 0 Å². The van der Waals surface area contributed by atoms with Crippen molar-refractivity contribution in [1.82, 2.24) is 10.3 Å². The molecule has 1 unspecified atom stereocenters. The molecule has 130 valence electrons. The Bertz CT molecular complexity index is 896. The van der Waals surface area contributed by atoms with Crippen LogP contribution in [0, 0.1) is 0 Å². The zero-order valence-electron chi connectivity index (χ0n) is 14.1. The molecule has 2 aromatic heterocycles. The number of fused-ring (bicyclic) bond motifs is 5. The van der Waals surface area contributed by atoms with E-state index < -0.39 is 0 Å². The molecule has 0 saturated carbocycles. The number of ketones is 1. The first-order chi connectivity index (χ1) is 12.2. The molecular formula is C19H21N3O2S. The maximum absolute atomic E-state index is 12.3. The molecule has 2 aromatic rings. The second kappa shape index (κ2) is 5.88. The highest BCUT2D eigenvalue weighted by Crippen LogP contribution is 2.44. The van der Waals surface area contributed by atoms with Gasteiger partial charge in [-0.25, -0.2) is 4.98 Å². The number of nitrogens with one attached hydrogen (secondary N) is 2. The number of hydrogen-bond acceptors (Lipinski definition) is 5. The first-order valence-corrected chi connectivity index (χ1v) is 10.1. The average molecular weight is 355 g/mol. The lowest BCUT2D eigenvalue weighted by Gasteiger charge is -2.28. The van der Waals surface area contributed by atoms with Crippen molar-refractivity contribution in [1.29, 1.82) is 0 Å². The molecule has 5 rings (SSSR count). The van der Waals surface area contributed by atoms with Gasteiger partial charge in [0, 0.05) is 23.5 Å². The zero-order chi connectivity index (χ0) is 17.0. The van der Waals surface area contributed by atoms with Gasteiger partial charge in [0.25, 0.3) is 0 Å². The van der Waals surface area contributed by atoms with Crippen molar-refractivity contribution in [3.05, 3.63) is 21.7 Å². The Morgan fingerprint density at radius 1 is 1.08 bits per heavy atom. The number of carbonyl (C=O) groups excluding carboxylic acids is 2. The summed E-state index contributed by atoms with van der Waals surface area (Å²) in [5, 5.41) is 7.51. The Labute approximate surface area is 150 Å². The third-order valence-electron chi connectivity index (χ3n) is 5.71. The number of Topliss-reactive ketones (excluding diaryl/α,β-unsaturated/α-hetero) is 1. The molecule has 5 nitrogen and oxygen atoms in total. The van der Waals surface area contributed by atoms with Crippen LogP contribution in [0.3, 0.4) is 0 Å². The van der Waals surface area contributed by atoms with Crippen molar-refractivity contribution < 1.29 is 9.59 Å². The van der Waals surface area contributed by atoms with E-state index in [-0.39, 0.29) is 18.1 Å². The normalized spacial score (nSPS) is 23.3. The second-order valence-electron chi connectivity index (χ2n) is 7.34. The molecule has 2 aliphatic heterocycles. The summed E-state index contributed by atoms with van der Waals surface area (Å²) < 4.78 is 0. The number of carbonyl (C=O) groups is 2. The van der Waals surface area contributed by atoms with Crippen LogP contribution in [0.2, 0.25) is 0 Å². The van der Waals surface area contributed by atoms with Gasteiger partial charge in [-0.15, -0.1) is 11.3 Å². The summed E-state index contributed by atoms with van der Waals surface area (Å²) in [7, 11) is 0. The SMILES string of the molecule is O=C1CC(=O)c2sc3nc(C4CCCNC4)c4c(c3c2N1)CCCC4. The van der Waals surface area contributed by atoms with E-state index in [4.69, 9.17) is 4.98 Å². The summed E-state index contributed by atoms with van der Waals surface area (Å²) in [6.07, 6.45) is 6.78. The third-order valence-corrected chi connectivity index (χ3v) is 6.84. The number of piperidine rings is 1. The van der Waals surface area contributed by atoms with Gasteiger partial charge in [0.1, 0.15) is 4.83 Å². The first-order valence-electron chi connectivity index (χ1n) is 9.24. The molecule has 1 saturated heterocycles. The summed E-state index contributed by atoms with van der Waals surface area (Å²) in [6, 6.07) is 0. The molecule has 6 heteroatoms. The number of thiophene rings is 1. The van der Waals surface area contributed by atoms with Crippen LogP contribution in [0.5, 0.6) is 0 Å². The minimum atomic E-state index is -0.192. The van der Waals surface area contributed by atoms with Gasteiger partial charge in [0.05, 0.1) is 17.0 Å². The van der Waals surface area contributed by atoms with Crippen LogP contribution in [-0.2, 0) is 17.6 Å². The van der Waals surface area contributed by atoms with Crippen molar-refractivity contribution in [2.24, 2.45) is 0 Å². The maximum Gasteiger partial charge on any atom is 0.232 e. The Morgan fingerprint density at radius 3 is 2.72 bits per heavy atom. The van der Waals surface area contributed by atoms with Crippen molar-refractivity contribution >= 4 is 38.9 Å². The average Bonchev–Trinajstić information content (AvgIpc) is 3.01. The summed E-state index contributed by atoms with van der Waals surface area (Å²) in [6.45, 7) is 2.08. The zero-order valence-corrected chi connectivity index (χ0v) is 14.9. The number of pyridine rings is 1. The monoisotopic (exact) mass is 355 g/mol. The molecule has 0 spiro atoms. The molecule has 0 aromatic carbocycles. The Hall–Kier alpha value is -1.79. The molecule has 1 aliphatic carbocycles. The van der Waals surface area contributed by atoms with Crippen LogP contribution in [0.4, 0.5) is 5.69 Å². The molecule has 25 heavy (non-hydrogen) atoms. The van der Waals surface area contributed by atoms with Gasteiger partial charge in [-0.1, -0.05) is 0 Å². The molecule has 4 heterocycles. The number of anilines is 1. The standard InChI is InChI=1S/C19H21N3O2S/c23-13-8-14(24)21-17-15-11-5-1-2-6-12(11)16(10-4-3-7-20-9-10)22-19(15)25-18(13)17/h10,20H,1-9H2,(H,21,24). The fourth-order valence-electron chi connectivity index (χ4n) is 4.57. The van der Waals surface area contributed by atoms with Crippen LogP contribution < -0.4 is 10.6 Å². The Morgan fingerprint density at radius 2 is 1.92 bits per heavy atom. The molecule has 2 N–H and O–H groups in total. The highest BCUT2D eigenvalue weighted by molar-refractivity contribution is 7.21. The smallest absolute Gasteiger partial charge is 0.232 e. The molecule has 1 amide bonds. The maximum atomic E-state index is 12.3. The van der Waals surface area contributed by atoms with Gasteiger partial charge in [0.15, 0.2) is 5.78 Å². The van der Waals surface area contributed by atoms with Gasteiger partial charge < -0.3 is 10.6 Å². The fourth-order valence-corrected chi connectivity index (χ4v) is 5.67. The topological polar surface area (TPSA) is 71.1 Å². The molecule has 0 radical (unpaired) electrons. The summed E-state index contributed by atoms with van der Waals surface area (Å²) in [5.41, 5.74) is 4.71. The number of nitrogens with zero attached hydrogens (tertiary/aromatic N) is 1. The first kappa shape index (κ1) is 15.5. The minimum absolute atomic E-state index is 0.0403. The highest BCUT2D eigenvalue weighted by atomic mass is 32.1. The third kappa shape index (κ3) is 2.42. The van der Waals surface area contributed by atoms with Gasteiger partial charge in [-0.05, 0) is 56.2 Å². The van der Waals surface area contributed by atoms with Crippen LogP contribution in [0.25, 0.3) is 10.2 Å². The van der Waals surface area contributed by atoms with Gasteiger partial charge >= 0.3 is 0 Å². The van der Waals surface area contributed by atoms with E-state index in [9.17, 15) is 9.59 Å². The van der Waals surface area contributed by atoms with Crippen molar-refractivity contribution in [3.63, 3.8) is 0 Å². The van der Waals surface area contributed by atoms with Crippen LogP contribution in [0.1, 0.15) is 64.5 Å². The van der Waals surface area contributed by atoms with Crippen molar-refractivity contribution in [2.45, 2.75) is 50.9 Å². The summed E-state index contributed by atoms with van der Waals surface area (Å²) in [4.78, 5) is 30.9. The van der Waals surface area contributed by atoms with Gasteiger partial charge in [-0.3, -0.25) is 9.59 Å². The molecule has 0 bridgehead atoms. The van der Waals surface area contributed by atoms with Crippen molar-refractivity contribution in [2.75, 3.05) is 18.4 Å². The van der Waals surface area contributed by atoms with E-state index in [0.717, 1.165) is 41.8 Å². The van der Waals surface area contributed by atoms with E-state index in [0.29, 0.717) is 10.8 Å². The van der Waals surface area contributed by atoms with E-state index >= 15 is 0 Å². The lowest BCUT2D eigenvalue weighted by Crippen LogP contribution is -2.30. The summed E-state index contributed by atoms with van der Waals surface area (Å²) >= 11 is 1.47. The summed E-state index contributed by atoms with van der Waals surface area (Å²) in [5.74, 6) is 0.212. The molecule has 1 atom stereocenters. The van der Waals surface area contributed by atoms with E-state index in [1.54, 1.807) is 0 Å².